The second-order valence-corrected chi connectivity index (χ2v) is 7.01. The van der Waals surface area contributed by atoms with Crippen molar-refractivity contribution in [2.45, 2.75) is 58.3 Å². The van der Waals surface area contributed by atoms with E-state index in [9.17, 15) is 4.57 Å². The van der Waals surface area contributed by atoms with Gasteiger partial charge in [-0.05, 0) is 17.5 Å². The minimum Gasteiger partial charge on any atom is -0.133 e. The summed E-state index contributed by atoms with van der Waals surface area (Å²) in [7, 11) is -2.38. The van der Waals surface area contributed by atoms with Crippen LogP contribution in [0.25, 0.3) is 11.1 Å². The minimum atomic E-state index is -2.38. The molecule has 0 amide bonds. The summed E-state index contributed by atoms with van der Waals surface area (Å²) in [5.41, 5.74) is 2.55. The van der Waals surface area contributed by atoms with Crippen LogP contribution in [0.15, 0.2) is 60.7 Å². The molecule has 2 aromatic rings. The molecule has 4 heteroatoms. The SMILES string of the molecule is CCCCCCCCCCO[P+](=O)O.c1ccc(-c2ccccc2)cc1. The van der Waals surface area contributed by atoms with E-state index >= 15 is 0 Å². The summed E-state index contributed by atoms with van der Waals surface area (Å²) < 4.78 is 14.7. The molecule has 0 aromatic heterocycles. The molecule has 26 heavy (non-hydrogen) atoms. The zero-order chi connectivity index (χ0) is 18.9. The molecule has 1 N–H and O–H groups in total. The first-order valence-corrected chi connectivity index (χ1v) is 10.8. The Balaban J connectivity index is 0.000000262. The third-order valence-corrected chi connectivity index (χ3v) is 4.48. The molecule has 2 rings (SSSR count). The molecular weight excluding hydrogens is 343 g/mol. The molecule has 0 radical (unpaired) electrons. The van der Waals surface area contributed by atoms with Gasteiger partial charge in [-0.1, -0.05) is 113 Å². The van der Waals surface area contributed by atoms with Crippen molar-refractivity contribution in [2.24, 2.45) is 0 Å². The van der Waals surface area contributed by atoms with Crippen molar-refractivity contribution in [3.8, 4) is 11.1 Å². The average Bonchev–Trinajstić information content (AvgIpc) is 2.68. The first-order chi connectivity index (χ1) is 12.7. The summed E-state index contributed by atoms with van der Waals surface area (Å²) in [6.45, 7) is 2.63. The number of hydrogen-bond acceptors (Lipinski definition) is 2. The maximum Gasteiger partial charge on any atom is 0.694 e. The van der Waals surface area contributed by atoms with Gasteiger partial charge in [0.15, 0.2) is 0 Å². The third-order valence-electron chi connectivity index (χ3n) is 4.08. The van der Waals surface area contributed by atoms with Crippen LogP contribution < -0.4 is 0 Å². The fourth-order valence-corrected chi connectivity index (χ4v) is 2.93. The zero-order valence-corrected chi connectivity index (χ0v) is 16.7. The van der Waals surface area contributed by atoms with Crippen molar-refractivity contribution in [3.05, 3.63) is 60.7 Å². The smallest absolute Gasteiger partial charge is 0.133 e. The molecule has 0 aliphatic rings. The highest BCUT2D eigenvalue weighted by Gasteiger charge is 2.09. The number of unbranched alkanes of at least 4 members (excludes halogenated alkanes) is 7. The number of hydrogen-bond donors (Lipinski definition) is 1. The monoisotopic (exact) mass is 375 g/mol. The van der Waals surface area contributed by atoms with Crippen LogP contribution in [0, 0.1) is 0 Å². The summed E-state index contributed by atoms with van der Waals surface area (Å²) in [6.07, 6.45) is 9.80. The Bertz CT molecular complexity index is 535. The van der Waals surface area contributed by atoms with Crippen molar-refractivity contribution in [3.63, 3.8) is 0 Å². The lowest BCUT2D eigenvalue weighted by Gasteiger charge is -1.98. The van der Waals surface area contributed by atoms with Crippen LogP contribution in [0.1, 0.15) is 58.3 Å². The van der Waals surface area contributed by atoms with Crippen molar-refractivity contribution in [1.29, 1.82) is 0 Å². The van der Waals surface area contributed by atoms with Crippen LogP contribution in [0.4, 0.5) is 0 Å². The summed E-state index contributed by atoms with van der Waals surface area (Å²) in [4.78, 5) is 8.34. The Morgan fingerprint density at radius 2 is 1.15 bits per heavy atom. The fraction of sp³-hybridized carbons (Fsp3) is 0.455. The standard InChI is InChI=1S/C12H10.C10H21O3P/c1-3-7-11(8-4-1)12-9-5-2-6-10-12;1-2-3-4-5-6-7-8-9-10-13-14(11)12/h1-10H;2-10H2,1H3/p+1. The van der Waals surface area contributed by atoms with E-state index < -0.39 is 8.25 Å². The Hall–Kier alpha value is -1.54. The second-order valence-electron chi connectivity index (χ2n) is 6.28. The molecule has 2 aromatic carbocycles. The number of rotatable bonds is 11. The van der Waals surface area contributed by atoms with E-state index in [-0.39, 0.29) is 0 Å². The van der Waals surface area contributed by atoms with Gasteiger partial charge in [-0.25, -0.2) is 0 Å². The Labute approximate surface area is 159 Å². The summed E-state index contributed by atoms with van der Waals surface area (Å²) in [6, 6.07) is 20.8. The first kappa shape index (κ1) is 22.5. The van der Waals surface area contributed by atoms with Gasteiger partial charge in [0, 0.05) is 4.57 Å². The lowest BCUT2D eigenvalue weighted by molar-refractivity contribution is 0.273. The van der Waals surface area contributed by atoms with Gasteiger partial charge in [-0.3, -0.25) is 0 Å². The van der Waals surface area contributed by atoms with Crippen LogP contribution in [-0.2, 0) is 9.09 Å². The molecule has 0 spiro atoms. The predicted octanol–water partition coefficient (Wildman–Crippen LogP) is 7.15. The van der Waals surface area contributed by atoms with E-state index in [0.717, 1.165) is 12.8 Å². The molecule has 142 valence electrons. The van der Waals surface area contributed by atoms with Crippen molar-refractivity contribution in [1.82, 2.24) is 0 Å². The quantitative estimate of drug-likeness (QED) is 0.335. The molecule has 0 heterocycles. The molecule has 0 aliphatic carbocycles. The van der Waals surface area contributed by atoms with Crippen LogP contribution in [0.2, 0.25) is 0 Å². The lowest BCUT2D eigenvalue weighted by Crippen LogP contribution is -1.87. The molecule has 3 nitrogen and oxygen atoms in total. The van der Waals surface area contributed by atoms with Gasteiger partial charge in [-0.15, -0.1) is 9.42 Å². The maximum atomic E-state index is 10.1. The normalized spacial score (nSPS) is 10.8. The van der Waals surface area contributed by atoms with Crippen LogP contribution in [-0.4, -0.2) is 11.5 Å². The van der Waals surface area contributed by atoms with E-state index in [0.29, 0.717) is 6.61 Å². The van der Waals surface area contributed by atoms with Gasteiger partial charge in [0.1, 0.15) is 6.61 Å². The summed E-state index contributed by atoms with van der Waals surface area (Å²) in [5, 5.41) is 0. The predicted molar refractivity (Wildman–Crippen MR) is 110 cm³/mol. The van der Waals surface area contributed by atoms with Crippen molar-refractivity contribution in [2.75, 3.05) is 6.61 Å². The van der Waals surface area contributed by atoms with E-state index in [1.807, 2.05) is 12.1 Å². The summed E-state index contributed by atoms with van der Waals surface area (Å²) >= 11 is 0. The summed E-state index contributed by atoms with van der Waals surface area (Å²) in [5.74, 6) is 0. The van der Waals surface area contributed by atoms with Crippen molar-refractivity contribution >= 4 is 8.25 Å². The molecule has 0 bridgehead atoms. The van der Waals surface area contributed by atoms with Gasteiger partial charge in [-0.2, -0.15) is 0 Å². The van der Waals surface area contributed by atoms with Gasteiger partial charge >= 0.3 is 8.25 Å². The Kier molecular flexibility index (Phi) is 13.6. The fourth-order valence-electron chi connectivity index (χ4n) is 2.64. The van der Waals surface area contributed by atoms with E-state index in [1.165, 1.54) is 49.7 Å². The first-order valence-electron chi connectivity index (χ1n) is 9.63. The van der Waals surface area contributed by atoms with Crippen molar-refractivity contribution < 1.29 is 14.0 Å². The highest BCUT2D eigenvalue weighted by molar-refractivity contribution is 7.32. The molecule has 0 saturated carbocycles. The highest BCUT2D eigenvalue weighted by Crippen LogP contribution is 2.17. The van der Waals surface area contributed by atoms with E-state index in [2.05, 4.69) is 60.0 Å². The van der Waals surface area contributed by atoms with Gasteiger partial charge < -0.3 is 0 Å². The molecule has 0 aliphatic heterocycles. The average molecular weight is 375 g/mol. The zero-order valence-electron chi connectivity index (χ0n) is 15.8. The van der Waals surface area contributed by atoms with Crippen LogP contribution in [0.3, 0.4) is 0 Å². The van der Waals surface area contributed by atoms with Gasteiger partial charge in [0.05, 0.1) is 0 Å². The maximum absolute atomic E-state index is 10.1. The third kappa shape index (κ3) is 11.9. The largest absolute Gasteiger partial charge is 0.694 e. The minimum absolute atomic E-state index is 0.417. The lowest BCUT2D eigenvalue weighted by atomic mass is 10.1. The van der Waals surface area contributed by atoms with Gasteiger partial charge in [0.25, 0.3) is 0 Å². The van der Waals surface area contributed by atoms with E-state index in [1.54, 1.807) is 0 Å². The second kappa shape index (κ2) is 15.7. The molecular formula is C22H32O3P+. The molecule has 0 saturated heterocycles. The van der Waals surface area contributed by atoms with Crippen LogP contribution >= 0.6 is 8.25 Å². The molecule has 1 atom stereocenters. The number of benzene rings is 2. The topological polar surface area (TPSA) is 46.5 Å². The molecule has 1 unspecified atom stereocenters. The van der Waals surface area contributed by atoms with E-state index in [4.69, 9.17) is 4.89 Å². The highest BCUT2D eigenvalue weighted by atomic mass is 31.1. The molecule has 0 fully saturated rings. The van der Waals surface area contributed by atoms with Crippen LogP contribution in [0.5, 0.6) is 0 Å². The Morgan fingerprint density at radius 1 is 0.731 bits per heavy atom. The Morgan fingerprint density at radius 3 is 1.58 bits per heavy atom. The van der Waals surface area contributed by atoms with Gasteiger partial charge in [0.2, 0.25) is 0 Å².